The third kappa shape index (κ3) is 3.70. The van der Waals surface area contributed by atoms with Crippen LogP contribution in [0.3, 0.4) is 0 Å². The van der Waals surface area contributed by atoms with Crippen LogP contribution in [-0.2, 0) is 6.54 Å². The number of carbonyl (C=O) groups is 2. The lowest BCUT2D eigenvalue weighted by molar-refractivity contribution is 0.0940. The van der Waals surface area contributed by atoms with Crippen LogP contribution in [0.25, 0.3) is 5.52 Å². The standard InChI is InChI=1S/C22H19N5O2/c1-26(17-7-3-2-4-8-17)22(29)19-18-9-5-6-14-27(18)20(25-19)21(28)24-15-16-10-12-23-13-11-16/h2-14H,15H2,1H3,(H,24,28). The lowest BCUT2D eigenvalue weighted by atomic mass is 10.2. The molecule has 0 bridgehead atoms. The van der Waals surface area contributed by atoms with Gasteiger partial charge < -0.3 is 10.2 Å². The topological polar surface area (TPSA) is 79.6 Å². The molecule has 0 aliphatic rings. The minimum atomic E-state index is -0.357. The second kappa shape index (κ2) is 7.93. The van der Waals surface area contributed by atoms with Crippen molar-refractivity contribution < 1.29 is 9.59 Å². The summed E-state index contributed by atoms with van der Waals surface area (Å²) < 4.78 is 1.63. The molecule has 3 aromatic heterocycles. The Morgan fingerprint density at radius 3 is 2.48 bits per heavy atom. The van der Waals surface area contributed by atoms with Crippen LogP contribution >= 0.6 is 0 Å². The summed E-state index contributed by atoms with van der Waals surface area (Å²) in [7, 11) is 1.69. The predicted octanol–water partition coefficient (Wildman–Crippen LogP) is 2.94. The molecule has 1 N–H and O–H groups in total. The largest absolute Gasteiger partial charge is 0.345 e. The number of nitrogens with one attached hydrogen (secondary N) is 1. The Kier molecular flexibility index (Phi) is 5.03. The summed E-state index contributed by atoms with van der Waals surface area (Å²) in [5.74, 6) is -0.475. The number of pyridine rings is 2. The summed E-state index contributed by atoms with van der Waals surface area (Å²) in [6, 6.07) is 18.3. The van der Waals surface area contributed by atoms with E-state index in [0.717, 1.165) is 11.3 Å². The first-order chi connectivity index (χ1) is 14.1. The first-order valence-corrected chi connectivity index (χ1v) is 9.12. The van der Waals surface area contributed by atoms with Gasteiger partial charge in [-0.3, -0.25) is 19.0 Å². The van der Waals surface area contributed by atoms with Gasteiger partial charge in [-0.1, -0.05) is 24.3 Å². The predicted molar refractivity (Wildman–Crippen MR) is 110 cm³/mol. The minimum Gasteiger partial charge on any atom is -0.345 e. The van der Waals surface area contributed by atoms with Crippen LogP contribution in [0, 0.1) is 0 Å². The Morgan fingerprint density at radius 2 is 1.72 bits per heavy atom. The van der Waals surface area contributed by atoms with E-state index >= 15 is 0 Å². The monoisotopic (exact) mass is 385 g/mol. The van der Waals surface area contributed by atoms with Crippen LogP contribution in [0.15, 0.2) is 79.3 Å². The number of benzene rings is 1. The highest BCUT2D eigenvalue weighted by Gasteiger charge is 2.24. The van der Waals surface area contributed by atoms with Crippen molar-refractivity contribution in [1.82, 2.24) is 19.7 Å². The van der Waals surface area contributed by atoms with E-state index in [2.05, 4.69) is 15.3 Å². The third-order valence-electron chi connectivity index (χ3n) is 4.60. The van der Waals surface area contributed by atoms with E-state index in [9.17, 15) is 9.59 Å². The number of hydrogen-bond donors (Lipinski definition) is 1. The molecule has 4 rings (SSSR count). The fourth-order valence-electron chi connectivity index (χ4n) is 3.05. The van der Waals surface area contributed by atoms with E-state index in [0.29, 0.717) is 12.1 Å². The van der Waals surface area contributed by atoms with Crippen LogP contribution in [-0.4, -0.2) is 33.2 Å². The van der Waals surface area contributed by atoms with Gasteiger partial charge in [0, 0.05) is 37.9 Å². The molecule has 3 heterocycles. The van der Waals surface area contributed by atoms with Gasteiger partial charge in [0.1, 0.15) is 0 Å². The zero-order chi connectivity index (χ0) is 20.2. The molecule has 2 amide bonds. The summed E-state index contributed by atoms with van der Waals surface area (Å²) in [6.45, 7) is 0.344. The highest BCUT2D eigenvalue weighted by atomic mass is 16.2. The van der Waals surface area contributed by atoms with E-state index in [1.54, 1.807) is 42.2 Å². The van der Waals surface area contributed by atoms with Gasteiger partial charge in [0.05, 0.1) is 5.52 Å². The minimum absolute atomic E-state index is 0.166. The van der Waals surface area contributed by atoms with Gasteiger partial charge in [0.15, 0.2) is 5.69 Å². The maximum atomic E-state index is 13.1. The van der Waals surface area contributed by atoms with Crippen molar-refractivity contribution in [2.24, 2.45) is 0 Å². The zero-order valence-corrected chi connectivity index (χ0v) is 15.8. The number of amides is 2. The number of carbonyl (C=O) groups excluding carboxylic acids is 2. The maximum Gasteiger partial charge on any atom is 0.287 e. The molecule has 0 spiro atoms. The number of hydrogen-bond acceptors (Lipinski definition) is 4. The van der Waals surface area contributed by atoms with Gasteiger partial charge >= 0.3 is 0 Å². The molecule has 0 aliphatic carbocycles. The SMILES string of the molecule is CN(C(=O)c1nc(C(=O)NCc2ccncc2)n2ccccc12)c1ccccc1. The van der Waals surface area contributed by atoms with Crippen molar-refractivity contribution in [2.45, 2.75) is 6.54 Å². The molecule has 0 saturated heterocycles. The molecule has 144 valence electrons. The van der Waals surface area contributed by atoms with Crippen LogP contribution < -0.4 is 10.2 Å². The van der Waals surface area contributed by atoms with Crippen LogP contribution in [0.5, 0.6) is 0 Å². The summed E-state index contributed by atoms with van der Waals surface area (Å²) in [5.41, 5.74) is 2.48. The summed E-state index contributed by atoms with van der Waals surface area (Å²) in [5, 5.41) is 2.85. The van der Waals surface area contributed by atoms with Gasteiger partial charge in [-0.25, -0.2) is 4.98 Å². The molecule has 1 aromatic carbocycles. The third-order valence-corrected chi connectivity index (χ3v) is 4.60. The first kappa shape index (κ1) is 18.4. The first-order valence-electron chi connectivity index (χ1n) is 9.12. The van der Waals surface area contributed by atoms with E-state index in [1.165, 1.54) is 4.90 Å². The molecule has 0 fully saturated rings. The normalized spacial score (nSPS) is 10.7. The van der Waals surface area contributed by atoms with Crippen LogP contribution in [0.4, 0.5) is 5.69 Å². The lowest BCUT2D eigenvalue weighted by Gasteiger charge is -2.16. The Hall–Kier alpha value is -4.00. The lowest BCUT2D eigenvalue weighted by Crippen LogP contribution is -2.27. The Bertz CT molecular complexity index is 1160. The molecular weight excluding hydrogens is 366 g/mol. The van der Waals surface area contributed by atoms with Crippen LogP contribution in [0.2, 0.25) is 0 Å². The van der Waals surface area contributed by atoms with E-state index in [4.69, 9.17) is 0 Å². The molecule has 0 unspecified atom stereocenters. The molecule has 7 heteroatoms. The molecule has 0 radical (unpaired) electrons. The molecule has 29 heavy (non-hydrogen) atoms. The van der Waals surface area contributed by atoms with Crippen molar-refractivity contribution in [1.29, 1.82) is 0 Å². The summed E-state index contributed by atoms with van der Waals surface area (Å²) in [4.78, 5) is 35.7. The van der Waals surface area contributed by atoms with E-state index in [1.807, 2.05) is 48.5 Å². The fourth-order valence-corrected chi connectivity index (χ4v) is 3.05. The summed E-state index contributed by atoms with van der Waals surface area (Å²) in [6.07, 6.45) is 5.06. The van der Waals surface area contributed by atoms with Gasteiger partial charge in [-0.15, -0.1) is 0 Å². The highest BCUT2D eigenvalue weighted by molar-refractivity contribution is 6.10. The van der Waals surface area contributed by atoms with Crippen molar-refractivity contribution in [3.05, 3.63) is 96.3 Å². The Balaban J connectivity index is 1.64. The number of rotatable bonds is 5. The summed E-state index contributed by atoms with van der Waals surface area (Å²) >= 11 is 0. The highest BCUT2D eigenvalue weighted by Crippen LogP contribution is 2.19. The fraction of sp³-hybridized carbons (Fsp3) is 0.0909. The van der Waals surface area contributed by atoms with Crippen molar-refractivity contribution in [2.75, 3.05) is 11.9 Å². The molecule has 0 saturated carbocycles. The average molecular weight is 385 g/mol. The Morgan fingerprint density at radius 1 is 1.00 bits per heavy atom. The van der Waals surface area contributed by atoms with Crippen LogP contribution in [0.1, 0.15) is 26.7 Å². The number of nitrogens with zero attached hydrogens (tertiary/aromatic N) is 4. The molecule has 7 nitrogen and oxygen atoms in total. The zero-order valence-electron chi connectivity index (χ0n) is 15.8. The molecule has 0 atom stereocenters. The maximum absolute atomic E-state index is 13.1. The number of fused-ring (bicyclic) bond motifs is 1. The number of anilines is 1. The van der Waals surface area contributed by atoms with Gasteiger partial charge in [0.25, 0.3) is 11.8 Å². The van der Waals surface area contributed by atoms with Crippen molar-refractivity contribution >= 4 is 23.0 Å². The second-order valence-electron chi connectivity index (χ2n) is 6.48. The van der Waals surface area contributed by atoms with Gasteiger partial charge in [0.2, 0.25) is 5.82 Å². The van der Waals surface area contributed by atoms with Gasteiger partial charge in [-0.05, 0) is 42.0 Å². The molecule has 0 aliphatic heterocycles. The molecular formula is C22H19N5O2. The Labute approximate surface area is 167 Å². The number of aromatic nitrogens is 3. The van der Waals surface area contributed by atoms with E-state index < -0.39 is 0 Å². The van der Waals surface area contributed by atoms with Gasteiger partial charge in [-0.2, -0.15) is 0 Å². The average Bonchev–Trinajstić information content (AvgIpc) is 3.17. The van der Waals surface area contributed by atoms with E-state index in [-0.39, 0.29) is 23.3 Å². The molecule has 4 aromatic rings. The number of imidazole rings is 1. The smallest absolute Gasteiger partial charge is 0.287 e. The second-order valence-corrected chi connectivity index (χ2v) is 6.48. The quantitative estimate of drug-likeness (QED) is 0.573. The van der Waals surface area contributed by atoms with Crippen molar-refractivity contribution in [3.8, 4) is 0 Å². The number of para-hydroxylation sites is 1. The van der Waals surface area contributed by atoms with Crippen molar-refractivity contribution in [3.63, 3.8) is 0 Å².